The number of piperazine rings is 1. The van der Waals surface area contributed by atoms with Crippen molar-refractivity contribution >= 4 is 46.9 Å². The van der Waals surface area contributed by atoms with E-state index < -0.39 is 5.41 Å². The number of anilines is 3. The van der Waals surface area contributed by atoms with Crippen molar-refractivity contribution in [2.75, 3.05) is 68.4 Å². The molecule has 14 heteroatoms. The van der Waals surface area contributed by atoms with Crippen LogP contribution in [0.15, 0.2) is 64.7 Å². The summed E-state index contributed by atoms with van der Waals surface area (Å²) >= 11 is 0. The van der Waals surface area contributed by atoms with E-state index in [9.17, 15) is 9.59 Å². The maximum Gasteiger partial charge on any atom is 0.237 e. The lowest BCUT2D eigenvalue weighted by Gasteiger charge is -2.41. The topological polar surface area (TPSA) is 183 Å². The Balaban J connectivity index is 1.19. The summed E-state index contributed by atoms with van der Waals surface area (Å²) in [7, 11) is 1.64. The molecule has 3 aromatic rings. The molecule has 276 valence electrons. The SMILES string of the molecule is CCN(C(=O)[C@]1(C)CCN(CC(=O)N2CCN(c3ccc(C(N)=NC=NC)cc3)C[C@@H]2C)C1)c1ccc(N)c(C(=N)c2ccc(OC(C)C)nc2)n1. The molecule has 0 unspecified atom stereocenters. The molecular formula is C38H51N11O3. The van der Waals surface area contributed by atoms with E-state index in [1.165, 1.54) is 6.34 Å². The van der Waals surface area contributed by atoms with Crippen LogP contribution in [-0.2, 0) is 9.59 Å². The number of aromatic nitrogens is 2. The first-order valence-corrected chi connectivity index (χ1v) is 17.7. The van der Waals surface area contributed by atoms with Crippen molar-refractivity contribution in [2.45, 2.75) is 53.2 Å². The normalized spacial score (nSPS) is 19.8. The molecule has 52 heavy (non-hydrogen) atoms. The number of nitrogens with two attached hydrogens (primary N) is 2. The van der Waals surface area contributed by atoms with Crippen LogP contribution in [0.4, 0.5) is 17.2 Å². The molecule has 0 aliphatic carbocycles. The molecule has 4 heterocycles. The fourth-order valence-electron chi connectivity index (χ4n) is 6.77. The highest BCUT2D eigenvalue weighted by Crippen LogP contribution is 2.34. The monoisotopic (exact) mass is 709 g/mol. The third-order valence-corrected chi connectivity index (χ3v) is 9.58. The van der Waals surface area contributed by atoms with Crippen molar-refractivity contribution in [3.8, 4) is 5.88 Å². The van der Waals surface area contributed by atoms with E-state index in [-0.39, 0.29) is 41.9 Å². The number of pyridine rings is 2. The van der Waals surface area contributed by atoms with Crippen LogP contribution >= 0.6 is 0 Å². The summed E-state index contributed by atoms with van der Waals surface area (Å²) in [6, 6.07) is 14.8. The van der Waals surface area contributed by atoms with Crippen molar-refractivity contribution in [3.05, 3.63) is 71.5 Å². The summed E-state index contributed by atoms with van der Waals surface area (Å²) < 4.78 is 5.63. The minimum atomic E-state index is -0.711. The Bertz CT molecular complexity index is 1810. The van der Waals surface area contributed by atoms with Gasteiger partial charge in [0.15, 0.2) is 0 Å². The van der Waals surface area contributed by atoms with Crippen LogP contribution in [0, 0.1) is 10.8 Å². The van der Waals surface area contributed by atoms with Crippen molar-refractivity contribution in [1.29, 1.82) is 5.41 Å². The van der Waals surface area contributed by atoms with Gasteiger partial charge in [0.05, 0.1) is 29.5 Å². The van der Waals surface area contributed by atoms with Crippen LogP contribution in [-0.4, -0.2) is 114 Å². The molecule has 2 fully saturated rings. The predicted molar refractivity (Wildman–Crippen MR) is 207 cm³/mol. The number of likely N-dealkylation sites (tertiary alicyclic amines) is 1. The smallest absolute Gasteiger partial charge is 0.237 e. The van der Waals surface area contributed by atoms with Gasteiger partial charge in [0.2, 0.25) is 17.7 Å². The van der Waals surface area contributed by atoms with E-state index in [1.54, 1.807) is 42.4 Å². The number of benzene rings is 1. The third-order valence-electron chi connectivity index (χ3n) is 9.58. The summed E-state index contributed by atoms with van der Waals surface area (Å²) in [6.45, 7) is 13.5. The van der Waals surface area contributed by atoms with Crippen LogP contribution < -0.4 is 26.0 Å². The van der Waals surface area contributed by atoms with Gasteiger partial charge in [-0.25, -0.2) is 15.0 Å². The largest absolute Gasteiger partial charge is 0.475 e. The first-order valence-electron chi connectivity index (χ1n) is 17.7. The number of nitrogens with one attached hydrogen (secondary N) is 1. The maximum atomic E-state index is 14.2. The van der Waals surface area contributed by atoms with E-state index in [0.717, 1.165) is 11.3 Å². The zero-order valence-corrected chi connectivity index (χ0v) is 31.0. The van der Waals surface area contributed by atoms with Crippen LogP contribution in [0.25, 0.3) is 0 Å². The lowest BCUT2D eigenvalue weighted by Crippen LogP contribution is -2.56. The highest BCUT2D eigenvalue weighted by Gasteiger charge is 2.44. The van der Waals surface area contributed by atoms with Crippen molar-refractivity contribution in [2.24, 2.45) is 21.1 Å². The Hall–Kier alpha value is -5.37. The number of ether oxygens (including phenoxy) is 1. The molecule has 0 spiro atoms. The van der Waals surface area contributed by atoms with Crippen LogP contribution in [0.1, 0.15) is 57.9 Å². The highest BCUT2D eigenvalue weighted by atomic mass is 16.5. The lowest BCUT2D eigenvalue weighted by molar-refractivity contribution is -0.135. The van der Waals surface area contributed by atoms with Crippen LogP contribution in [0.3, 0.4) is 0 Å². The number of nitrogens with zero attached hydrogens (tertiary/aromatic N) is 8. The number of nitrogen functional groups attached to an aromatic ring is 1. The first-order chi connectivity index (χ1) is 24.8. The van der Waals surface area contributed by atoms with Gasteiger partial charge in [0.25, 0.3) is 0 Å². The molecule has 2 amide bonds. The van der Waals surface area contributed by atoms with Crippen LogP contribution in [0.5, 0.6) is 5.88 Å². The average molecular weight is 710 g/mol. The molecule has 2 atom stereocenters. The number of carbonyl (C=O) groups is 2. The average Bonchev–Trinajstić information content (AvgIpc) is 3.52. The van der Waals surface area contributed by atoms with Gasteiger partial charge >= 0.3 is 0 Å². The number of aliphatic imine (C=N–C) groups is 2. The molecule has 0 saturated carbocycles. The molecule has 0 bridgehead atoms. The number of hydrogen-bond acceptors (Lipinski definition) is 10. The van der Waals surface area contributed by atoms with Gasteiger partial charge < -0.3 is 26.0 Å². The summed E-state index contributed by atoms with van der Waals surface area (Å²) in [5, 5.41) is 8.83. The van der Waals surface area contributed by atoms with Gasteiger partial charge in [-0.05, 0) is 90.0 Å². The predicted octanol–water partition coefficient (Wildman–Crippen LogP) is 3.43. The van der Waals surface area contributed by atoms with Gasteiger partial charge in [0.1, 0.15) is 23.7 Å². The zero-order chi connectivity index (χ0) is 37.6. The summed E-state index contributed by atoms with van der Waals surface area (Å²) in [4.78, 5) is 52.7. The van der Waals surface area contributed by atoms with Gasteiger partial charge in [-0.15, -0.1) is 0 Å². The molecule has 0 radical (unpaired) electrons. The summed E-state index contributed by atoms with van der Waals surface area (Å²) in [6.07, 6.45) is 3.58. The lowest BCUT2D eigenvalue weighted by atomic mass is 9.88. The molecule has 5 rings (SSSR count). The van der Waals surface area contributed by atoms with Crippen molar-refractivity contribution in [3.63, 3.8) is 0 Å². The Kier molecular flexibility index (Phi) is 11.9. The number of amidine groups is 1. The second kappa shape index (κ2) is 16.3. The van der Waals surface area contributed by atoms with Gasteiger partial charge in [-0.3, -0.25) is 29.8 Å². The van der Waals surface area contributed by atoms with E-state index in [4.69, 9.17) is 26.6 Å². The number of rotatable bonds is 12. The first kappa shape index (κ1) is 37.9. The minimum Gasteiger partial charge on any atom is -0.475 e. The molecule has 14 nitrogen and oxygen atoms in total. The quantitative estimate of drug-likeness (QED) is 0.187. The fourth-order valence-corrected chi connectivity index (χ4v) is 6.77. The molecule has 2 aromatic heterocycles. The molecule has 5 N–H and O–H groups in total. The summed E-state index contributed by atoms with van der Waals surface area (Å²) in [5.74, 6) is 1.29. The Morgan fingerprint density at radius 2 is 1.85 bits per heavy atom. The number of hydrogen-bond donors (Lipinski definition) is 3. The zero-order valence-electron chi connectivity index (χ0n) is 31.0. The van der Waals surface area contributed by atoms with Gasteiger partial charge in [0, 0.05) is 74.9 Å². The van der Waals surface area contributed by atoms with E-state index in [0.29, 0.717) is 74.5 Å². The van der Waals surface area contributed by atoms with E-state index >= 15 is 0 Å². The Labute approximate surface area is 306 Å². The molecule has 1 aromatic carbocycles. The van der Waals surface area contributed by atoms with Crippen molar-refractivity contribution in [1.82, 2.24) is 19.8 Å². The van der Waals surface area contributed by atoms with E-state index in [1.807, 2.05) is 56.9 Å². The van der Waals surface area contributed by atoms with Crippen LogP contribution in [0.2, 0.25) is 0 Å². The molecule has 2 saturated heterocycles. The second-order valence-electron chi connectivity index (χ2n) is 13.9. The maximum absolute atomic E-state index is 14.2. The minimum absolute atomic E-state index is 0.0196. The molecular weight excluding hydrogens is 658 g/mol. The Morgan fingerprint density at radius 1 is 1.12 bits per heavy atom. The van der Waals surface area contributed by atoms with Gasteiger partial charge in [-0.1, -0.05) is 0 Å². The number of amides is 2. The fraction of sp³-hybridized carbons (Fsp3) is 0.447. The molecule has 2 aliphatic rings. The third kappa shape index (κ3) is 8.56. The van der Waals surface area contributed by atoms with Crippen molar-refractivity contribution < 1.29 is 14.3 Å². The standard InChI is InChI=1S/C38H51N11O3/c1-7-48(31-14-13-30(39)35(45-31)34(40)28-10-15-32(43-20-28)52-25(2)3)37(51)38(5)16-17-46(23-38)22-33(50)49-19-18-47(21-26(49)4)29-11-8-27(9-12-29)36(41)44-24-42-6/h8-15,20,24-26,40H,7,16-19,21-23,39H2,1-6H3,(H2,41,42,44)/t26-,38+/m0/s1. The second-order valence-corrected chi connectivity index (χ2v) is 13.9. The highest BCUT2D eigenvalue weighted by molar-refractivity contribution is 6.12. The number of carbonyl (C=O) groups excluding carboxylic acids is 2. The van der Waals surface area contributed by atoms with Gasteiger partial charge in [-0.2, -0.15) is 0 Å². The van der Waals surface area contributed by atoms with E-state index in [2.05, 4.69) is 31.7 Å². The molecule has 2 aliphatic heterocycles. The summed E-state index contributed by atoms with van der Waals surface area (Å²) in [5.41, 5.74) is 14.7. The Morgan fingerprint density at radius 3 is 2.48 bits per heavy atom.